The Balaban J connectivity index is 1.21. The SMILES string of the molecule is COc1ncccc1CN1CCN(c2ccc(C3=CC(c4cnn(C)c4)=CN4NC(C)C(C#N)=C34)cn2)CC1. The Kier molecular flexibility index (Phi) is 6.60. The molecule has 0 radical (unpaired) electrons. The molecule has 10 nitrogen and oxygen atoms in total. The number of nitrogens with one attached hydrogen (secondary N) is 1. The molecule has 1 atom stereocenters. The number of aromatic nitrogens is 4. The molecular formula is C29H31N9O. The predicted octanol–water partition coefficient (Wildman–Crippen LogP) is 2.97. The van der Waals surface area contributed by atoms with E-state index < -0.39 is 0 Å². The van der Waals surface area contributed by atoms with Crippen LogP contribution in [0.2, 0.25) is 0 Å². The first-order valence-corrected chi connectivity index (χ1v) is 13.1. The van der Waals surface area contributed by atoms with Gasteiger partial charge in [0.1, 0.15) is 5.82 Å². The van der Waals surface area contributed by atoms with Crippen molar-refractivity contribution in [1.82, 2.24) is 35.1 Å². The van der Waals surface area contributed by atoms with Crippen molar-refractivity contribution in [3.05, 3.63) is 89.3 Å². The maximum absolute atomic E-state index is 9.91. The first-order valence-electron chi connectivity index (χ1n) is 13.1. The number of rotatable bonds is 6. The van der Waals surface area contributed by atoms with Gasteiger partial charge in [-0.05, 0) is 31.2 Å². The van der Waals surface area contributed by atoms with Crippen LogP contribution in [0.25, 0.3) is 11.1 Å². The van der Waals surface area contributed by atoms with E-state index in [1.165, 1.54) is 0 Å². The summed E-state index contributed by atoms with van der Waals surface area (Å²) in [4.78, 5) is 13.9. The van der Waals surface area contributed by atoms with Crippen LogP contribution in [-0.2, 0) is 13.6 Å². The summed E-state index contributed by atoms with van der Waals surface area (Å²) in [5, 5.41) is 16.2. The van der Waals surface area contributed by atoms with E-state index in [-0.39, 0.29) is 6.04 Å². The summed E-state index contributed by atoms with van der Waals surface area (Å²) in [6.45, 7) is 6.47. The van der Waals surface area contributed by atoms with Crippen LogP contribution in [0.4, 0.5) is 5.82 Å². The molecule has 10 heteroatoms. The number of pyridine rings is 2. The second-order valence-corrected chi connectivity index (χ2v) is 9.98. The fraction of sp³-hybridized carbons (Fsp3) is 0.310. The highest BCUT2D eigenvalue weighted by atomic mass is 16.5. The summed E-state index contributed by atoms with van der Waals surface area (Å²) in [5.41, 5.74) is 10.1. The molecule has 1 fully saturated rings. The van der Waals surface area contributed by atoms with Gasteiger partial charge >= 0.3 is 0 Å². The molecule has 0 saturated carbocycles. The fourth-order valence-corrected chi connectivity index (χ4v) is 5.38. The fourth-order valence-electron chi connectivity index (χ4n) is 5.38. The summed E-state index contributed by atoms with van der Waals surface area (Å²) in [7, 11) is 3.57. The molecule has 198 valence electrons. The molecule has 1 unspecified atom stereocenters. The summed E-state index contributed by atoms with van der Waals surface area (Å²) < 4.78 is 7.21. The third-order valence-electron chi connectivity index (χ3n) is 7.44. The van der Waals surface area contributed by atoms with Gasteiger partial charge < -0.3 is 9.64 Å². The zero-order chi connectivity index (χ0) is 26.9. The molecule has 3 aromatic rings. The van der Waals surface area contributed by atoms with Gasteiger partial charge in [-0.25, -0.2) is 15.4 Å². The number of methoxy groups -OCH3 is 1. The van der Waals surface area contributed by atoms with Crippen molar-refractivity contribution >= 4 is 17.0 Å². The highest BCUT2D eigenvalue weighted by molar-refractivity contribution is 5.93. The van der Waals surface area contributed by atoms with Crippen LogP contribution >= 0.6 is 0 Å². The van der Waals surface area contributed by atoms with Gasteiger partial charge in [0.15, 0.2) is 0 Å². The normalized spacial score (nSPS) is 19.5. The van der Waals surface area contributed by atoms with Crippen molar-refractivity contribution < 1.29 is 4.74 Å². The monoisotopic (exact) mass is 521 g/mol. The van der Waals surface area contributed by atoms with Gasteiger partial charge in [-0.3, -0.25) is 14.6 Å². The highest BCUT2D eigenvalue weighted by Gasteiger charge is 2.33. The number of nitriles is 1. The minimum atomic E-state index is -0.0759. The van der Waals surface area contributed by atoms with Crippen molar-refractivity contribution in [1.29, 1.82) is 5.26 Å². The van der Waals surface area contributed by atoms with Gasteiger partial charge in [-0.2, -0.15) is 10.4 Å². The lowest BCUT2D eigenvalue weighted by atomic mass is 9.93. The number of aryl methyl sites for hydroxylation is 1. The molecule has 6 rings (SSSR count). The molecule has 1 saturated heterocycles. The molecule has 0 aliphatic carbocycles. The molecule has 0 aromatic carbocycles. The zero-order valence-corrected chi connectivity index (χ0v) is 22.4. The number of hydrogen-bond acceptors (Lipinski definition) is 9. The maximum atomic E-state index is 9.91. The van der Waals surface area contributed by atoms with E-state index >= 15 is 0 Å². The lowest BCUT2D eigenvalue weighted by molar-refractivity contribution is 0.244. The largest absolute Gasteiger partial charge is 0.481 e. The van der Waals surface area contributed by atoms with Gasteiger partial charge in [0.25, 0.3) is 0 Å². The van der Waals surface area contributed by atoms with E-state index in [0.29, 0.717) is 11.5 Å². The summed E-state index contributed by atoms with van der Waals surface area (Å²) in [5.74, 6) is 1.65. The topological polar surface area (TPSA) is 98.4 Å². The number of anilines is 1. The lowest BCUT2D eigenvalue weighted by Gasteiger charge is -2.35. The molecule has 0 spiro atoms. The second-order valence-electron chi connectivity index (χ2n) is 9.98. The first kappa shape index (κ1) is 24.9. The summed E-state index contributed by atoms with van der Waals surface area (Å²) >= 11 is 0. The number of hydrazine groups is 1. The lowest BCUT2D eigenvalue weighted by Crippen LogP contribution is -2.46. The number of ether oxygens (including phenoxy) is 1. The molecule has 3 aliphatic heterocycles. The Labute approximate surface area is 228 Å². The molecule has 6 heterocycles. The van der Waals surface area contributed by atoms with Crippen LogP contribution in [0.1, 0.15) is 23.6 Å². The first-order chi connectivity index (χ1) is 19.0. The Morgan fingerprint density at radius 3 is 2.64 bits per heavy atom. The van der Waals surface area contributed by atoms with Crippen LogP contribution in [0, 0.1) is 11.3 Å². The van der Waals surface area contributed by atoms with Gasteiger partial charge in [0, 0.05) is 92.4 Å². The number of hydrogen-bond donors (Lipinski definition) is 1. The molecular weight excluding hydrogens is 490 g/mol. The van der Waals surface area contributed by atoms with Crippen molar-refractivity contribution in [2.24, 2.45) is 7.05 Å². The van der Waals surface area contributed by atoms with E-state index in [2.05, 4.69) is 55.7 Å². The highest BCUT2D eigenvalue weighted by Crippen LogP contribution is 2.39. The van der Waals surface area contributed by atoms with Crippen molar-refractivity contribution in [3.63, 3.8) is 0 Å². The van der Waals surface area contributed by atoms with E-state index in [1.54, 1.807) is 18.0 Å². The van der Waals surface area contributed by atoms with Crippen LogP contribution in [0.3, 0.4) is 0 Å². The number of nitrogens with zero attached hydrogens (tertiary/aromatic N) is 8. The summed E-state index contributed by atoms with van der Waals surface area (Å²) in [6.07, 6.45) is 11.7. The van der Waals surface area contributed by atoms with E-state index in [4.69, 9.17) is 9.72 Å². The van der Waals surface area contributed by atoms with Crippen LogP contribution in [0.5, 0.6) is 5.88 Å². The Morgan fingerprint density at radius 2 is 1.95 bits per heavy atom. The molecule has 3 aromatic heterocycles. The third-order valence-corrected chi connectivity index (χ3v) is 7.44. The quantitative estimate of drug-likeness (QED) is 0.525. The van der Waals surface area contributed by atoms with E-state index in [1.807, 2.05) is 49.8 Å². The van der Waals surface area contributed by atoms with Crippen molar-refractivity contribution in [2.45, 2.75) is 19.5 Å². The van der Waals surface area contributed by atoms with Gasteiger partial charge in [0.2, 0.25) is 5.88 Å². The average molecular weight is 522 g/mol. The smallest absolute Gasteiger partial charge is 0.217 e. The summed E-state index contributed by atoms with van der Waals surface area (Å²) in [6, 6.07) is 10.5. The number of piperazine rings is 1. The Bertz CT molecular complexity index is 1500. The van der Waals surface area contributed by atoms with E-state index in [9.17, 15) is 5.26 Å². The van der Waals surface area contributed by atoms with Crippen LogP contribution in [-0.4, -0.2) is 69.0 Å². The van der Waals surface area contributed by atoms with E-state index in [0.717, 1.165) is 72.1 Å². The average Bonchev–Trinajstić information content (AvgIpc) is 3.55. The molecule has 0 bridgehead atoms. The van der Waals surface area contributed by atoms with Crippen molar-refractivity contribution in [2.75, 3.05) is 38.2 Å². The van der Waals surface area contributed by atoms with Gasteiger partial charge in [-0.15, -0.1) is 0 Å². The molecule has 1 N–H and O–H groups in total. The standard InChI is InChI=1S/C29H31N9O/c1-20-26(14-30)28-25(13-23(19-38(28)34-20)24-16-33-35(2)17-24)21-6-7-27(32-15-21)37-11-9-36(10-12-37)18-22-5-4-8-31-29(22)39-3/h4-8,13,15-17,19-20,34H,9-12,18H2,1-3H3. The predicted molar refractivity (Wildman–Crippen MR) is 149 cm³/mol. The van der Waals surface area contributed by atoms with Gasteiger partial charge in [0.05, 0.1) is 36.7 Å². The molecule has 0 amide bonds. The zero-order valence-electron chi connectivity index (χ0n) is 22.4. The maximum Gasteiger partial charge on any atom is 0.217 e. The second kappa shape index (κ2) is 10.4. The molecule has 3 aliphatic rings. The van der Waals surface area contributed by atoms with Crippen LogP contribution < -0.4 is 15.1 Å². The number of fused-ring (bicyclic) bond motifs is 1. The van der Waals surface area contributed by atoms with Crippen molar-refractivity contribution in [3.8, 4) is 11.9 Å². The minimum Gasteiger partial charge on any atom is -0.481 e. The minimum absolute atomic E-state index is 0.0759. The van der Waals surface area contributed by atoms with Gasteiger partial charge in [-0.1, -0.05) is 6.07 Å². The Hall–Kier alpha value is -4.46. The Morgan fingerprint density at radius 1 is 1.10 bits per heavy atom. The van der Waals surface area contributed by atoms with Crippen LogP contribution in [0.15, 0.2) is 72.6 Å². The third kappa shape index (κ3) is 4.78. The molecule has 39 heavy (non-hydrogen) atoms. The number of allylic oxidation sites excluding steroid dienone is 3.